The summed E-state index contributed by atoms with van der Waals surface area (Å²) in [6, 6.07) is 0. The molecule has 0 unspecified atom stereocenters. The molecule has 0 aliphatic rings. The second-order valence-electron chi connectivity index (χ2n) is 4.22. The average Bonchev–Trinajstić information content (AvgIpc) is 2.69. The van der Waals surface area contributed by atoms with Crippen LogP contribution in [0.4, 0.5) is 0 Å². The van der Waals surface area contributed by atoms with Gasteiger partial charge < -0.3 is 5.11 Å². The topological polar surface area (TPSA) is 68.0 Å². The Labute approximate surface area is 102 Å². The highest BCUT2D eigenvalue weighted by atomic mass is 16.4. The molecule has 0 saturated carbocycles. The van der Waals surface area contributed by atoms with Crippen LogP contribution in [0.3, 0.4) is 0 Å². The number of carboxylic acid groups (broad SMARTS) is 1. The third-order valence-corrected chi connectivity index (χ3v) is 2.75. The molecule has 0 aromatic carbocycles. The van der Waals surface area contributed by atoms with Crippen molar-refractivity contribution in [1.29, 1.82) is 0 Å². The van der Waals surface area contributed by atoms with Gasteiger partial charge in [-0.25, -0.2) is 9.48 Å². The Morgan fingerprint density at radius 3 is 2.59 bits per heavy atom. The molecule has 17 heavy (non-hydrogen) atoms. The van der Waals surface area contributed by atoms with Crippen molar-refractivity contribution in [3.63, 3.8) is 0 Å². The average molecular weight is 239 g/mol. The largest absolute Gasteiger partial charge is 0.476 e. The molecule has 0 amide bonds. The molecule has 1 N–H and O–H groups in total. The Balaban J connectivity index is 2.67. The maximum absolute atomic E-state index is 11.0. The lowest BCUT2D eigenvalue weighted by Crippen LogP contribution is -2.08. The monoisotopic (exact) mass is 239 g/mol. The van der Waals surface area contributed by atoms with Crippen molar-refractivity contribution in [2.75, 3.05) is 0 Å². The second-order valence-corrected chi connectivity index (χ2v) is 4.22. The number of hydrogen-bond acceptors (Lipinski definition) is 3. The first-order valence-corrected chi connectivity index (χ1v) is 6.36. The molecule has 5 nitrogen and oxygen atoms in total. The van der Waals surface area contributed by atoms with Crippen LogP contribution in [0.1, 0.15) is 62.1 Å². The van der Waals surface area contributed by atoms with Gasteiger partial charge in [-0.1, -0.05) is 44.7 Å². The van der Waals surface area contributed by atoms with Crippen LogP contribution in [-0.2, 0) is 13.0 Å². The lowest BCUT2D eigenvalue weighted by Gasteiger charge is -2.05. The van der Waals surface area contributed by atoms with E-state index in [9.17, 15) is 4.79 Å². The lowest BCUT2D eigenvalue weighted by atomic mass is 10.2. The summed E-state index contributed by atoms with van der Waals surface area (Å²) in [5.41, 5.74) is 0.874. The minimum atomic E-state index is -0.978. The summed E-state index contributed by atoms with van der Waals surface area (Å²) < 4.78 is 1.75. The quantitative estimate of drug-likeness (QED) is 0.708. The van der Waals surface area contributed by atoms with E-state index >= 15 is 0 Å². The van der Waals surface area contributed by atoms with Crippen LogP contribution in [0.25, 0.3) is 0 Å². The van der Waals surface area contributed by atoms with Gasteiger partial charge in [0.05, 0.1) is 5.69 Å². The minimum Gasteiger partial charge on any atom is -0.476 e. The molecule has 0 radical (unpaired) electrons. The van der Waals surface area contributed by atoms with E-state index in [4.69, 9.17) is 5.11 Å². The number of carboxylic acids is 1. The van der Waals surface area contributed by atoms with Crippen LogP contribution in [0.5, 0.6) is 0 Å². The highest BCUT2D eigenvalue weighted by Gasteiger charge is 2.17. The Morgan fingerprint density at radius 2 is 2.00 bits per heavy atom. The van der Waals surface area contributed by atoms with Gasteiger partial charge in [0.25, 0.3) is 0 Å². The fraction of sp³-hybridized carbons (Fsp3) is 0.750. The fourth-order valence-corrected chi connectivity index (χ4v) is 1.85. The number of carbonyl (C=O) groups is 1. The van der Waals surface area contributed by atoms with Gasteiger partial charge in [-0.15, -0.1) is 5.10 Å². The Morgan fingerprint density at radius 1 is 1.24 bits per heavy atom. The first-order valence-electron chi connectivity index (χ1n) is 6.36. The van der Waals surface area contributed by atoms with Gasteiger partial charge >= 0.3 is 5.97 Å². The van der Waals surface area contributed by atoms with Gasteiger partial charge in [0.2, 0.25) is 0 Å². The summed E-state index contributed by atoms with van der Waals surface area (Å²) in [5.74, 6) is -0.978. The predicted octanol–water partition coefficient (Wildman–Crippen LogP) is 2.51. The maximum atomic E-state index is 11.0. The molecule has 1 heterocycles. The van der Waals surface area contributed by atoms with Gasteiger partial charge in [-0.3, -0.25) is 0 Å². The molecule has 1 aromatic heterocycles. The summed E-state index contributed by atoms with van der Waals surface area (Å²) in [5, 5.41) is 16.7. The Kier molecular flexibility index (Phi) is 5.66. The molecular formula is C12H21N3O2. The Bertz CT molecular complexity index is 361. The number of rotatable bonds is 8. The third-order valence-electron chi connectivity index (χ3n) is 2.75. The molecule has 0 aliphatic carbocycles. The van der Waals surface area contributed by atoms with E-state index < -0.39 is 5.97 Å². The molecule has 0 saturated heterocycles. The van der Waals surface area contributed by atoms with E-state index in [0.29, 0.717) is 0 Å². The van der Waals surface area contributed by atoms with E-state index in [1.807, 2.05) is 6.92 Å². The van der Waals surface area contributed by atoms with Crippen molar-refractivity contribution >= 4 is 5.97 Å². The minimum absolute atomic E-state index is 0.113. The van der Waals surface area contributed by atoms with Crippen LogP contribution >= 0.6 is 0 Å². The molecule has 96 valence electrons. The van der Waals surface area contributed by atoms with Gasteiger partial charge in [0, 0.05) is 6.54 Å². The number of aryl methyl sites for hydroxylation is 1. The zero-order chi connectivity index (χ0) is 12.7. The van der Waals surface area contributed by atoms with Gasteiger partial charge in [-0.05, 0) is 12.8 Å². The number of hydrogen-bond donors (Lipinski definition) is 1. The third kappa shape index (κ3) is 3.84. The van der Waals surface area contributed by atoms with Crippen molar-refractivity contribution in [1.82, 2.24) is 15.0 Å². The van der Waals surface area contributed by atoms with Gasteiger partial charge in [0.1, 0.15) is 0 Å². The smallest absolute Gasteiger partial charge is 0.358 e. The van der Waals surface area contributed by atoms with Crippen molar-refractivity contribution in [2.45, 2.75) is 58.9 Å². The zero-order valence-electron chi connectivity index (χ0n) is 10.6. The highest BCUT2D eigenvalue weighted by Crippen LogP contribution is 2.10. The molecule has 5 heteroatoms. The molecular weight excluding hydrogens is 218 g/mol. The molecule has 0 atom stereocenters. The first-order chi connectivity index (χ1) is 8.20. The first kappa shape index (κ1) is 13.7. The molecule has 0 bridgehead atoms. The van der Waals surface area contributed by atoms with E-state index in [-0.39, 0.29) is 5.69 Å². The van der Waals surface area contributed by atoms with Crippen molar-refractivity contribution in [3.8, 4) is 0 Å². The van der Waals surface area contributed by atoms with Crippen molar-refractivity contribution in [3.05, 3.63) is 11.4 Å². The van der Waals surface area contributed by atoms with E-state index in [0.717, 1.165) is 37.9 Å². The molecule has 1 rings (SSSR count). The lowest BCUT2D eigenvalue weighted by molar-refractivity contribution is 0.0689. The van der Waals surface area contributed by atoms with Crippen LogP contribution in [0, 0.1) is 0 Å². The fourth-order valence-electron chi connectivity index (χ4n) is 1.85. The zero-order valence-corrected chi connectivity index (χ0v) is 10.6. The predicted molar refractivity (Wildman–Crippen MR) is 65.1 cm³/mol. The van der Waals surface area contributed by atoms with Gasteiger partial charge in [-0.2, -0.15) is 0 Å². The number of nitrogens with zero attached hydrogens (tertiary/aromatic N) is 3. The molecule has 1 aromatic rings. The van der Waals surface area contributed by atoms with E-state index in [1.54, 1.807) is 4.68 Å². The van der Waals surface area contributed by atoms with Crippen LogP contribution in [0.2, 0.25) is 0 Å². The van der Waals surface area contributed by atoms with Crippen LogP contribution in [0.15, 0.2) is 0 Å². The maximum Gasteiger partial charge on any atom is 0.358 e. The summed E-state index contributed by atoms with van der Waals surface area (Å²) in [6.07, 6.45) is 6.23. The standard InChI is InChI=1S/C12H21N3O2/c1-3-5-6-7-9-15-10(8-4-2)11(12(16)17)13-14-15/h3-9H2,1-2H3,(H,16,17). The van der Waals surface area contributed by atoms with Crippen LogP contribution in [-0.4, -0.2) is 26.1 Å². The molecule has 0 aliphatic heterocycles. The Hall–Kier alpha value is -1.39. The number of unbranched alkanes of at least 4 members (excludes halogenated alkanes) is 3. The van der Waals surface area contributed by atoms with Crippen molar-refractivity contribution in [2.24, 2.45) is 0 Å². The summed E-state index contributed by atoms with van der Waals surface area (Å²) >= 11 is 0. The second kappa shape index (κ2) is 7.04. The highest BCUT2D eigenvalue weighted by molar-refractivity contribution is 5.86. The van der Waals surface area contributed by atoms with Crippen molar-refractivity contribution < 1.29 is 9.90 Å². The summed E-state index contributed by atoms with van der Waals surface area (Å²) in [4.78, 5) is 11.0. The number of aromatic nitrogens is 3. The van der Waals surface area contributed by atoms with E-state index in [1.165, 1.54) is 12.8 Å². The van der Waals surface area contributed by atoms with E-state index in [2.05, 4.69) is 17.2 Å². The molecule has 0 spiro atoms. The molecule has 0 fully saturated rings. The van der Waals surface area contributed by atoms with Gasteiger partial charge in [0.15, 0.2) is 5.69 Å². The summed E-state index contributed by atoms with van der Waals surface area (Å²) in [7, 11) is 0. The van der Waals surface area contributed by atoms with Crippen LogP contribution < -0.4 is 0 Å². The normalized spacial score (nSPS) is 10.7. The number of aromatic carboxylic acids is 1. The SMILES string of the molecule is CCCCCCn1nnc(C(=O)O)c1CCC. The summed E-state index contributed by atoms with van der Waals surface area (Å²) in [6.45, 7) is 4.97.